The van der Waals surface area contributed by atoms with Gasteiger partial charge in [0.15, 0.2) is 9.84 Å². The van der Waals surface area contributed by atoms with Crippen LogP contribution in [0.4, 0.5) is 0 Å². The van der Waals surface area contributed by atoms with Crippen molar-refractivity contribution in [1.82, 2.24) is 4.72 Å². The van der Waals surface area contributed by atoms with Crippen molar-refractivity contribution < 1.29 is 21.9 Å². The Bertz CT molecular complexity index is 1050. The van der Waals surface area contributed by atoms with Gasteiger partial charge in [-0.05, 0) is 66.5 Å². The lowest BCUT2D eigenvalue weighted by molar-refractivity contribution is 0.294. The molecule has 1 fully saturated rings. The van der Waals surface area contributed by atoms with E-state index in [-0.39, 0.29) is 21.8 Å². The molecule has 0 bridgehead atoms. The first-order chi connectivity index (χ1) is 14.1. The monoisotopic (exact) mass is 451 g/mol. The van der Waals surface area contributed by atoms with E-state index in [1.54, 1.807) is 0 Å². The van der Waals surface area contributed by atoms with E-state index in [1.807, 2.05) is 12.1 Å². The van der Waals surface area contributed by atoms with Gasteiger partial charge in [0.25, 0.3) is 0 Å². The fraction of sp³-hybridized carbons (Fsp3) is 0.455. The minimum Gasteiger partial charge on any atom is -0.396 e. The van der Waals surface area contributed by atoms with Crippen LogP contribution in [0.1, 0.15) is 36.8 Å². The molecule has 0 unspecified atom stereocenters. The molecule has 0 aromatic heterocycles. The Balaban J connectivity index is 1.71. The van der Waals surface area contributed by atoms with Crippen LogP contribution in [0.2, 0.25) is 0 Å². The molecule has 0 aliphatic heterocycles. The third-order valence-electron chi connectivity index (χ3n) is 5.87. The van der Waals surface area contributed by atoms with E-state index in [2.05, 4.69) is 16.9 Å². The van der Waals surface area contributed by atoms with Crippen molar-refractivity contribution in [3.05, 3.63) is 59.7 Å². The molecule has 2 N–H and O–H groups in total. The number of rotatable bonds is 9. The molecule has 6 nitrogen and oxygen atoms in total. The normalized spacial score (nSPS) is 16.6. The summed E-state index contributed by atoms with van der Waals surface area (Å²) < 4.78 is 51.5. The van der Waals surface area contributed by atoms with Gasteiger partial charge in [-0.2, -0.15) is 0 Å². The van der Waals surface area contributed by atoms with E-state index in [9.17, 15) is 16.8 Å². The number of sulfone groups is 1. The second-order valence-electron chi connectivity index (χ2n) is 8.24. The van der Waals surface area contributed by atoms with Gasteiger partial charge in [-0.15, -0.1) is 0 Å². The number of sulfonamides is 1. The molecule has 0 radical (unpaired) electrons. The highest BCUT2D eigenvalue weighted by Crippen LogP contribution is 2.40. The van der Waals surface area contributed by atoms with E-state index >= 15 is 0 Å². The Morgan fingerprint density at radius 1 is 0.867 bits per heavy atom. The zero-order valence-electron chi connectivity index (χ0n) is 17.2. The summed E-state index contributed by atoms with van der Waals surface area (Å²) in [5.74, 6) is 0. The second-order valence-corrected chi connectivity index (χ2v) is 12.0. The number of aliphatic hydroxyl groups is 1. The quantitative estimate of drug-likeness (QED) is 0.611. The van der Waals surface area contributed by atoms with Crippen molar-refractivity contribution in [3.63, 3.8) is 0 Å². The van der Waals surface area contributed by atoms with E-state index in [0.717, 1.165) is 49.5 Å². The number of nitrogens with one attached hydrogen (secondary N) is 1. The Morgan fingerprint density at radius 2 is 1.40 bits per heavy atom. The minimum absolute atomic E-state index is 0.0661. The zero-order chi connectivity index (χ0) is 21.8. The van der Waals surface area contributed by atoms with Crippen LogP contribution in [0.15, 0.2) is 58.3 Å². The maximum Gasteiger partial charge on any atom is 0.240 e. The van der Waals surface area contributed by atoms with E-state index < -0.39 is 19.9 Å². The lowest BCUT2D eigenvalue weighted by Gasteiger charge is -2.29. The van der Waals surface area contributed by atoms with Crippen molar-refractivity contribution >= 4 is 19.9 Å². The predicted octanol–water partition coefficient (Wildman–Crippen LogP) is 2.71. The first-order valence-corrected chi connectivity index (χ1v) is 13.5. The van der Waals surface area contributed by atoms with E-state index in [1.165, 1.54) is 24.3 Å². The van der Waals surface area contributed by atoms with Crippen LogP contribution in [0.25, 0.3) is 0 Å². The topological polar surface area (TPSA) is 101 Å². The molecule has 1 saturated carbocycles. The zero-order valence-corrected chi connectivity index (χ0v) is 18.8. The molecule has 0 heterocycles. The standard InChI is InChI=1S/C22H29NO5S2/c1-29(25,26)20-8-10-21(11-9-20)30(27,28)23-17-22(13-2-3-14-22)16-19-6-4-18(5-7-19)12-15-24/h4-11,23-24H,2-3,12-17H2,1H3. The van der Waals surface area contributed by atoms with Gasteiger partial charge in [0, 0.05) is 19.4 Å². The van der Waals surface area contributed by atoms with Crippen molar-refractivity contribution in [2.24, 2.45) is 5.41 Å². The Kier molecular flexibility index (Phi) is 7.02. The molecular formula is C22H29NO5S2. The Hall–Kier alpha value is -1.74. The molecule has 3 rings (SSSR count). The van der Waals surface area contributed by atoms with E-state index in [4.69, 9.17) is 5.11 Å². The van der Waals surface area contributed by atoms with E-state index in [0.29, 0.717) is 13.0 Å². The van der Waals surface area contributed by atoms with Crippen LogP contribution in [0.5, 0.6) is 0 Å². The highest BCUT2D eigenvalue weighted by molar-refractivity contribution is 7.90. The predicted molar refractivity (Wildman–Crippen MR) is 117 cm³/mol. The summed E-state index contributed by atoms with van der Waals surface area (Å²) in [6.07, 6.45) is 6.59. The molecular weight excluding hydrogens is 422 g/mol. The molecule has 164 valence electrons. The fourth-order valence-corrected chi connectivity index (χ4v) is 5.91. The molecule has 1 aliphatic carbocycles. The largest absolute Gasteiger partial charge is 0.396 e. The maximum absolute atomic E-state index is 12.8. The smallest absolute Gasteiger partial charge is 0.240 e. The highest BCUT2D eigenvalue weighted by Gasteiger charge is 2.35. The minimum atomic E-state index is -3.73. The second kappa shape index (κ2) is 9.18. The van der Waals surface area contributed by atoms with Gasteiger partial charge in [-0.3, -0.25) is 0 Å². The summed E-state index contributed by atoms with van der Waals surface area (Å²) in [6, 6.07) is 13.5. The molecule has 1 aliphatic rings. The van der Waals surface area contributed by atoms with Gasteiger partial charge in [0.1, 0.15) is 0 Å². The van der Waals surface area contributed by atoms with Gasteiger partial charge >= 0.3 is 0 Å². The Labute approximate surface area is 179 Å². The Morgan fingerprint density at radius 3 is 1.93 bits per heavy atom. The number of benzene rings is 2. The molecule has 8 heteroatoms. The van der Waals surface area contributed by atoms with Gasteiger partial charge in [-0.1, -0.05) is 37.1 Å². The van der Waals surface area contributed by atoms with Crippen LogP contribution >= 0.6 is 0 Å². The van der Waals surface area contributed by atoms with Gasteiger partial charge in [0.2, 0.25) is 10.0 Å². The average Bonchev–Trinajstić information content (AvgIpc) is 3.17. The molecule has 0 saturated heterocycles. The molecule has 0 amide bonds. The summed E-state index contributed by atoms with van der Waals surface area (Å²) in [4.78, 5) is 0.162. The van der Waals surface area contributed by atoms with Crippen LogP contribution in [-0.4, -0.2) is 41.3 Å². The first kappa shape index (κ1) is 22.9. The highest BCUT2D eigenvalue weighted by atomic mass is 32.2. The summed E-state index contributed by atoms with van der Waals surface area (Å²) >= 11 is 0. The third-order valence-corrected chi connectivity index (χ3v) is 8.41. The summed E-state index contributed by atoms with van der Waals surface area (Å²) in [7, 11) is -7.10. The number of hydrogen-bond acceptors (Lipinski definition) is 5. The summed E-state index contributed by atoms with van der Waals surface area (Å²) in [6.45, 7) is 0.470. The van der Waals surface area contributed by atoms with Crippen molar-refractivity contribution in [2.75, 3.05) is 19.4 Å². The third kappa shape index (κ3) is 5.69. The first-order valence-electron chi connectivity index (χ1n) is 10.1. The van der Waals surface area contributed by atoms with Gasteiger partial charge < -0.3 is 5.11 Å². The number of hydrogen-bond donors (Lipinski definition) is 2. The molecule has 2 aromatic carbocycles. The van der Waals surface area contributed by atoms with Crippen LogP contribution in [0.3, 0.4) is 0 Å². The van der Waals surface area contributed by atoms with Crippen molar-refractivity contribution in [3.8, 4) is 0 Å². The maximum atomic E-state index is 12.8. The molecule has 30 heavy (non-hydrogen) atoms. The summed E-state index contributed by atoms with van der Waals surface area (Å²) in [5.41, 5.74) is 2.12. The van der Waals surface area contributed by atoms with Crippen molar-refractivity contribution in [1.29, 1.82) is 0 Å². The van der Waals surface area contributed by atoms with Gasteiger partial charge in [-0.25, -0.2) is 21.6 Å². The lowest BCUT2D eigenvalue weighted by atomic mass is 9.80. The SMILES string of the molecule is CS(=O)(=O)c1ccc(S(=O)(=O)NCC2(Cc3ccc(CCO)cc3)CCCC2)cc1. The molecule has 2 aromatic rings. The average molecular weight is 452 g/mol. The van der Waals surface area contributed by atoms with Crippen LogP contribution in [0, 0.1) is 5.41 Å². The van der Waals surface area contributed by atoms with Crippen molar-refractivity contribution in [2.45, 2.75) is 48.3 Å². The van der Waals surface area contributed by atoms with Crippen LogP contribution < -0.4 is 4.72 Å². The van der Waals surface area contributed by atoms with Crippen LogP contribution in [-0.2, 0) is 32.7 Å². The molecule has 0 atom stereocenters. The number of aliphatic hydroxyl groups excluding tert-OH is 1. The lowest BCUT2D eigenvalue weighted by Crippen LogP contribution is -2.37. The molecule has 0 spiro atoms. The fourth-order valence-electron chi connectivity index (χ4n) is 4.12. The van der Waals surface area contributed by atoms with Gasteiger partial charge in [0.05, 0.1) is 9.79 Å². The summed E-state index contributed by atoms with van der Waals surface area (Å²) in [5, 5.41) is 9.06.